The second-order valence-electron chi connectivity index (χ2n) is 16.9. The van der Waals surface area contributed by atoms with Crippen LogP contribution in [0.25, 0.3) is 0 Å². The molecule has 16 atom stereocenters. The lowest BCUT2D eigenvalue weighted by Gasteiger charge is -2.43. The average molecular weight is 611 g/mol. The molecule has 9 fully saturated rings. The summed E-state index contributed by atoms with van der Waals surface area (Å²) in [5, 5.41) is 0. The third-order valence-corrected chi connectivity index (χ3v) is 15.6. The summed E-state index contributed by atoms with van der Waals surface area (Å²) in [5.41, 5.74) is 0. The van der Waals surface area contributed by atoms with Crippen molar-refractivity contribution in [2.45, 2.75) is 131 Å². The summed E-state index contributed by atoms with van der Waals surface area (Å²) >= 11 is 0. The largest absolute Gasteiger partial charge is 0.466 e. The summed E-state index contributed by atoms with van der Waals surface area (Å²) in [7, 11) is 0. The first-order valence-electron chi connectivity index (χ1n) is 19.6. The second kappa shape index (κ2) is 14.0. The minimum absolute atomic E-state index is 0.0463. The third kappa shape index (κ3) is 5.93. The quantitative estimate of drug-likeness (QED) is 0.235. The van der Waals surface area contributed by atoms with E-state index in [2.05, 4.69) is 51.0 Å². The Bertz CT molecular complexity index is 922. The summed E-state index contributed by atoms with van der Waals surface area (Å²) in [6, 6.07) is 0. The normalized spacial score (nSPS) is 49.8. The molecule has 16 unspecified atom stereocenters. The molecule has 0 aromatic carbocycles. The molecule has 0 radical (unpaired) electrons. The van der Waals surface area contributed by atoms with Crippen LogP contribution in [0, 0.1) is 94.7 Å². The Hall–Kier alpha value is -1.06. The number of esters is 2. The van der Waals surface area contributed by atoms with Gasteiger partial charge in [-0.2, -0.15) is 0 Å². The van der Waals surface area contributed by atoms with E-state index in [-0.39, 0.29) is 11.9 Å². The number of hydrogen-bond acceptors (Lipinski definition) is 4. The van der Waals surface area contributed by atoms with E-state index in [4.69, 9.17) is 0 Å². The highest BCUT2D eigenvalue weighted by atomic mass is 16.5. The smallest absolute Gasteiger partial charge is 0.305 e. The maximum Gasteiger partial charge on any atom is 0.305 e. The van der Waals surface area contributed by atoms with Crippen molar-refractivity contribution in [2.24, 2.45) is 94.7 Å². The zero-order valence-electron chi connectivity index (χ0n) is 29.2. The lowest BCUT2D eigenvalue weighted by molar-refractivity contribution is -0.138. The van der Waals surface area contributed by atoms with Gasteiger partial charge in [-0.1, -0.05) is 67.2 Å². The van der Waals surface area contributed by atoms with Gasteiger partial charge in [0, 0.05) is 12.8 Å². The SMILES string of the molecule is CCC1CC2CC1C1C(CC)CC(CC)C21.CCC1CC2CC1C1C3CC(C(C)C3C)C21.O=C1CCCO1.O=C1CCCO1. The maximum absolute atomic E-state index is 10.0. The molecule has 2 aliphatic heterocycles. The molecule has 44 heavy (non-hydrogen) atoms. The summed E-state index contributed by atoms with van der Waals surface area (Å²) in [5.74, 6) is 18.0. The van der Waals surface area contributed by atoms with E-state index >= 15 is 0 Å². The van der Waals surface area contributed by atoms with Crippen molar-refractivity contribution in [3.05, 3.63) is 0 Å². The van der Waals surface area contributed by atoms with Crippen LogP contribution in [0.5, 0.6) is 0 Å². The van der Waals surface area contributed by atoms with Gasteiger partial charge in [0.2, 0.25) is 0 Å². The van der Waals surface area contributed by atoms with Crippen molar-refractivity contribution in [3.63, 3.8) is 0 Å². The molecular weight excluding hydrogens is 544 g/mol. The lowest BCUT2D eigenvalue weighted by atomic mass is 9.62. The van der Waals surface area contributed by atoms with Crippen molar-refractivity contribution in [1.82, 2.24) is 0 Å². The first-order chi connectivity index (χ1) is 21.3. The summed E-state index contributed by atoms with van der Waals surface area (Å²) in [6.45, 7) is 16.1. The van der Waals surface area contributed by atoms with Gasteiger partial charge in [-0.15, -0.1) is 0 Å². The molecule has 9 aliphatic rings. The van der Waals surface area contributed by atoms with Gasteiger partial charge in [0.25, 0.3) is 0 Å². The van der Waals surface area contributed by atoms with Gasteiger partial charge in [0.1, 0.15) is 0 Å². The molecule has 7 saturated carbocycles. The number of carbonyl (C=O) groups excluding carboxylic acids is 2. The highest BCUT2D eigenvalue weighted by molar-refractivity contribution is 5.71. The predicted octanol–water partition coefficient (Wildman–Crippen LogP) is 9.59. The van der Waals surface area contributed by atoms with Crippen molar-refractivity contribution < 1.29 is 19.1 Å². The molecule has 0 amide bonds. The first-order valence-corrected chi connectivity index (χ1v) is 19.6. The molecule has 4 nitrogen and oxygen atoms in total. The van der Waals surface area contributed by atoms with Gasteiger partial charge in [-0.05, 0) is 146 Å². The van der Waals surface area contributed by atoms with Crippen LogP contribution in [0.1, 0.15) is 131 Å². The van der Waals surface area contributed by atoms with E-state index < -0.39 is 0 Å². The zero-order valence-corrected chi connectivity index (χ0v) is 29.2. The molecular formula is C40H66O4. The van der Waals surface area contributed by atoms with Crippen LogP contribution in [0.4, 0.5) is 0 Å². The van der Waals surface area contributed by atoms with E-state index in [1.165, 1.54) is 37.5 Å². The fourth-order valence-corrected chi connectivity index (χ4v) is 13.8. The topological polar surface area (TPSA) is 52.6 Å². The second-order valence-corrected chi connectivity index (χ2v) is 16.9. The zero-order chi connectivity index (χ0) is 31.1. The summed E-state index contributed by atoms with van der Waals surface area (Å²) in [4.78, 5) is 20.0. The van der Waals surface area contributed by atoms with Gasteiger partial charge in [0.15, 0.2) is 0 Å². The fourth-order valence-electron chi connectivity index (χ4n) is 13.8. The van der Waals surface area contributed by atoms with E-state index in [0.717, 1.165) is 95.7 Å². The van der Waals surface area contributed by atoms with Gasteiger partial charge in [-0.3, -0.25) is 9.59 Å². The number of rotatable bonds is 4. The molecule has 0 N–H and O–H groups in total. The monoisotopic (exact) mass is 610 g/mol. The third-order valence-electron chi connectivity index (χ3n) is 15.6. The number of fused-ring (bicyclic) bond motifs is 14. The highest BCUT2D eigenvalue weighted by Crippen LogP contribution is 2.71. The molecule has 2 heterocycles. The van der Waals surface area contributed by atoms with Gasteiger partial charge in [-0.25, -0.2) is 0 Å². The molecule has 9 rings (SSSR count). The van der Waals surface area contributed by atoms with Crippen molar-refractivity contribution in [1.29, 1.82) is 0 Å². The Balaban J connectivity index is 0.000000115. The van der Waals surface area contributed by atoms with Crippen LogP contribution in [0.2, 0.25) is 0 Å². The van der Waals surface area contributed by atoms with E-state index in [9.17, 15) is 9.59 Å². The van der Waals surface area contributed by atoms with Gasteiger partial charge < -0.3 is 9.47 Å². The Morgan fingerprint density at radius 2 is 0.955 bits per heavy atom. The van der Waals surface area contributed by atoms with Crippen LogP contribution in [-0.4, -0.2) is 25.2 Å². The van der Waals surface area contributed by atoms with Crippen LogP contribution >= 0.6 is 0 Å². The molecule has 6 bridgehead atoms. The van der Waals surface area contributed by atoms with Gasteiger partial charge >= 0.3 is 11.9 Å². The molecule has 0 aromatic rings. The molecule has 7 aliphatic carbocycles. The van der Waals surface area contributed by atoms with Crippen molar-refractivity contribution in [3.8, 4) is 0 Å². The van der Waals surface area contributed by atoms with Crippen LogP contribution in [0.15, 0.2) is 0 Å². The molecule has 4 heteroatoms. The van der Waals surface area contributed by atoms with E-state index in [0.29, 0.717) is 26.1 Å². The Morgan fingerprint density at radius 3 is 1.39 bits per heavy atom. The number of carbonyl (C=O) groups is 2. The number of hydrogen-bond donors (Lipinski definition) is 0. The Kier molecular flexibility index (Phi) is 10.4. The van der Waals surface area contributed by atoms with Gasteiger partial charge in [0.05, 0.1) is 13.2 Å². The first kappa shape index (κ1) is 32.9. The van der Waals surface area contributed by atoms with Crippen molar-refractivity contribution >= 4 is 11.9 Å². The number of cyclic esters (lactones) is 2. The Morgan fingerprint density at radius 1 is 0.500 bits per heavy atom. The van der Waals surface area contributed by atoms with Crippen LogP contribution < -0.4 is 0 Å². The Labute approximate surface area is 269 Å². The predicted molar refractivity (Wildman–Crippen MR) is 176 cm³/mol. The molecule has 250 valence electrons. The summed E-state index contributed by atoms with van der Waals surface area (Å²) in [6.07, 6.45) is 18.5. The average Bonchev–Trinajstić information content (AvgIpc) is 3.87. The van der Waals surface area contributed by atoms with Crippen LogP contribution in [0.3, 0.4) is 0 Å². The summed E-state index contributed by atoms with van der Waals surface area (Å²) < 4.78 is 9.03. The minimum atomic E-state index is -0.0463. The van der Waals surface area contributed by atoms with Crippen molar-refractivity contribution in [2.75, 3.05) is 13.2 Å². The lowest BCUT2D eigenvalue weighted by Crippen LogP contribution is -2.38. The minimum Gasteiger partial charge on any atom is -0.466 e. The molecule has 2 saturated heterocycles. The van der Waals surface area contributed by atoms with E-state index in [1.54, 1.807) is 38.5 Å². The fraction of sp³-hybridized carbons (Fsp3) is 0.950. The molecule has 0 spiro atoms. The van der Waals surface area contributed by atoms with Crippen LogP contribution in [-0.2, 0) is 19.1 Å². The van der Waals surface area contributed by atoms with E-state index in [1.807, 2.05) is 0 Å². The highest BCUT2D eigenvalue weighted by Gasteiger charge is 2.65. The number of ether oxygens (including phenoxy) is 2. The standard InChI is InChI=1S/C16H26.C16H28.2C4H6O2/c1-4-10-5-11-6-14(10)16-13-7-12(15(11)16)8(2)9(13)3;1-4-10-7-13-9-14(10)16-12(6-3)8-11(5-2)15(13)16;2*5-4-2-1-3-6-4/h8-16H,4-7H2,1-3H3;10-16H,4-9H2,1-3H3;2*1-3H2. The molecule has 0 aromatic heterocycles. The maximum atomic E-state index is 10.0.